The minimum Gasteiger partial charge on any atom is -0.396 e. The smallest absolute Gasteiger partial charge is 0.234 e. The molecule has 1 aliphatic rings. The molecule has 5 heteroatoms. The lowest BCUT2D eigenvalue weighted by atomic mass is 9.99. The van der Waals surface area contributed by atoms with Gasteiger partial charge in [0.05, 0.1) is 12.6 Å². The molecule has 1 heterocycles. The van der Waals surface area contributed by atoms with Gasteiger partial charge in [0, 0.05) is 26.3 Å². The predicted octanol–water partition coefficient (Wildman–Crippen LogP) is 0.622. The molecule has 1 saturated heterocycles. The van der Waals surface area contributed by atoms with Crippen LogP contribution in [-0.2, 0) is 9.53 Å². The molecule has 0 aromatic heterocycles. The van der Waals surface area contributed by atoms with Gasteiger partial charge >= 0.3 is 0 Å². The highest BCUT2D eigenvalue weighted by atomic mass is 16.5. The first-order chi connectivity index (χ1) is 9.11. The van der Waals surface area contributed by atoms with Crippen LogP contribution in [0.25, 0.3) is 0 Å². The number of hydrogen-bond donors (Lipinski definition) is 2. The Bertz CT molecular complexity index is 259. The molecule has 19 heavy (non-hydrogen) atoms. The fourth-order valence-electron chi connectivity index (χ4n) is 2.32. The Morgan fingerprint density at radius 3 is 3.00 bits per heavy atom. The van der Waals surface area contributed by atoms with Crippen LogP contribution < -0.4 is 5.32 Å². The summed E-state index contributed by atoms with van der Waals surface area (Å²) in [7, 11) is 0. The van der Waals surface area contributed by atoms with Gasteiger partial charge in [-0.15, -0.1) is 0 Å². The first-order valence-electron chi connectivity index (χ1n) is 7.33. The monoisotopic (exact) mass is 272 g/mol. The fourth-order valence-corrected chi connectivity index (χ4v) is 2.32. The summed E-state index contributed by atoms with van der Waals surface area (Å²) in [5, 5.41) is 12.1. The molecular weight excluding hydrogens is 244 g/mol. The molecule has 0 spiro atoms. The summed E-state index contributed by atoms with van der Waals surface area (Å²) in [5.74, 6) is 0.407. The summed E-state index contributed by atoms with van der Waals surface area (Å²) in [6.07, 6.45) is 3.24. The van der Waals surface area contributed by atoms with E-state index in [9.17, 15) is 4.79 Å². The van der Waals surface area contributed by atoms with Gasteiger partial charge in [-0.1, -0.05) is 0 Å². The van der Waals surface area contributed by atoms with Crippen molar-refractivity contribution in [1.82, 2.24) is 10.2 Å². The van der Waals surface area contributed by atoms with Crippen molar-refractivity contribution >= 4 is 5.91 Å². The van der Waals surface area contributed by atoms with Crippen molar-refractivity contribution in [2.75, 3.05) is 39.4 Å². The average molecular weight is 272 g/mol. The van der Waals surface area contributed by atoms with Crippen LogP contribution in [0.5, 0.6) is 0 Å². The summed E-state index contributed by atoms with van der Waals surface area (Å²) in [4.78, 5) is 13.9. The molecule has 0 aromatic rings. The van der Waals surface area contributed by atoms with E-state index in [4.69, 9.17) is 9.84 Å². The van der Waals surface area contributed by atoms with Gasteiger partial charge in [-0.25, -0.2) is 0 Å². The highest BCUT2D eigenvalue weighted by molar-refractivity contribution is 5.77. The van der Waals surface area contributed by atoms with Crippen LogP contribution in [0.2, 0.25) is 0 Å². The molecule has 0 aromatic carbocycles. The van der Waals surface area contributed by atoms with Crippen molar-refractivity contribution in [3.05, 3.63) is 0 Å². The Kier molecular flexibility index (Phi) is 8.02. The van der Waals surface area contributed by atoms with Crippen LogP contribution in [-0.4, -0.2) is 61.4 Å². The zero-order valence-electron chi connectivity index (χ0n) is 12.2. The molecule has 0 aliphatic carbocycles. The third-order valence-corrected chi connectivity index (χ3v) is 3.32. The first kappa shape index (κ1) is 16.4. The average Bonchev–Trinajstić information content (AvgIpc) is 2.38. The molecule has 1 fully saturated rings. The number of amides is 1. The lowest BCUT2D eigenvalue weighted by Gasteiger charge is -2.31. The van der Waals surface area contributed by atoms with Crippen LogP contribution >= 0.6 is 0 Å². The van der Waals surface area contributed by atoms with Crippen LogP contribution in [0, 0.1) is 5.92 Å². The number of rotatable bonds is 8. The fraction of sp³-hybridized carbons (Fsp3) is 0.929. The maximum Gasteiger partial charge on any atom is 0.234 e. The molecule has 1 rings (SSSR count). The van der Waals surface area contributed by atoms with E-state index >= 15 is 0 Å². The van der Waals surface area contributed by atoms with Gasteiger partial charge in [-0.3, -0.25) is 9.69 Å². The lowest BCUT2D eigenvalue weighted by Crippen LogP contribution is -2.43. The molecule has 1 atom stereocenters. The maximum atomic E-state index is 11.7. The number of piperidine rings is 1. The molecule has 1 amide bonds. The number of carbonyl (C=O) groups excluding carboxylic acids is 1. The summed E-state index contributed by atoms with van der Waals surface area (Å²) in [6, 6.07) is 0. The van der Waals surface area contributed by atoms with Crippen molar-refractivity contribution in [2.24, 2.45) is 5.92 Å². The van der Waals surface area contributed by atoms with Crippen LogP contribution in [0.4, 0.5) is 0 Å². The maximum absolute atomic E-state index is 11.7. The summed E-state index contributed by atoms with van der Waals surface area (Å²) >= 11 is 0. The number of aliphatic hydroxyl groups is 1. The Labute approximate surface area is 116 Å². The zero-order valence-corrected chi connectivity index (χ0v) is 12.2. The second kappa shape index (κ2) is 9.28. The minimum atomic E-state index is 0.0723. The standard InChI is InChI=1S/C14H28N2O3/c1-12(2)19-8-4-6-15-14(18)10-16-7-3-5-13(9-16)11-17/h12-13,17H,3-11H2,1-2H3,(H,15,18). The van der Waals surface area contributed by atoms with Crippen molar-refractivity contribution in [3.63, 3.8) is 0 Å². The van der Waals surface area contributed by atoms with E-state index < -0.39 is 0 Å². The van der Waals surface area contributed by atoms with Gasteiger partial charge < -0.3 is 15.2 Å². The van der Waals surface area contributed by atoms with E-state index in [0.29, 0.717) is 25.6 Å². The molecule has 2 N–H and O–H groups in total. The Hall–Kier alpha value is -0.650. The Balaban J connectivity index is 2.07. The Morgan fingerprint density at radius 2 is 2.32 bits per heavy atom. The third-order valence-electron chi connectivity index (χ3n) is 3.32. The van der Waals surface area contributed by atoms with Gasteiger partial charge in [-0.2, -0.15) is 0 Å². The number of aliphatic hydroxyl groups excluding tert-OH is 1. The van der Waals surface area contributed by atoms with Crippen LogP contribution in [0.15, 0.2) is 0 Å². The molecule has 0 radical (unpaired) electrons. The second-order valence-corrected chi connectivity index (χ2v) is 5.55. The van der Waals surface area contributed by atoms with Crippen molar-refractivity contribution < 1.29 is 14.6 Å². The van der Waals surface area contributed by atoms with E-state index in [1.54, 1.807) is 0 Å². The molecular formula is C14H28N2O3. The van der Waals surface area contributed by atoms with Gasteiger partial charge in [0.15, 0.2) is 0 Å². The zero-order chi connectivity index (χ0) is 14.1. The first-order valence-corrected chi connectivity index (χ1v) is 7.33. The molecule has 0 saturated carbocycles. The van der Waals surface area contributed by atoms with Crippen molar-refractivity contribution in [2.45, 2.75) is 39.2 Å². The number of carbonyl (C=O) groups is 1. The second-order valence-electron chi connectivity index (χ2n) is 5.55. The van der Waals surface area contributed by atoms with E-state index in [1.807, 2.05) is 13.8 Å². The minimum absolute atomic E-state index is 0.0723. The quantitative estimate of drug-likeness (QED) is 0.636. The summed E-state index contributed by atoms with van der Waals surface area (Å²) < 4.78 is 5.41. The Morgan fingerprint density at radius 1 is 1.53 bits per heavy atom. The normalized spacial score (nSPS) is 20.7. The number of nitrogens with zero attached hydrogens (tertiary/aromatic N) is 1. The van der Waals surface area contributed by atoms with Gasteiger partial charge in [0.1, 0.15) is 0 Å². The topological polar surface area (TPSA) is 61.8 Å². The van der Waals surface area contributed by atoms with E-state index in [-0.39, 0.29) is 18.6 Å². The number of hydrogen-bond acceptors (Lipinski definition) is 4. The van der Waals surface area contributed by atoms with Crippen LogP contribution in [0.3, 0.4) is 0 Å². The predicted molar refractivity (Wildman–Crippen MR) is 75.0 cm³/mol. The van der Waals surface area contributed by atoms with Gasteiger partial charge in [0.25, 0.3) is 0 Å². The molecule has 112 valence electrons. The van der Waals surface area contributed by atoms with E-state index in [0.717, 1.165) is 32.4 Å². The highest BCUT2D eigenvalue weighted by Gasteiger charge is 2.20. The third kappa shape index (κ3) is 7.50. The van der Waals surface area contributed by atoms with Crippen molar-refractivity contribution in [1.29, 1.82) is 0 Å². The molecule has 0 bridgehead atoms. The lowest BCUT2D eigenvalue weighted by molar-refractivity contribution is -0.122. The van der Waals surface area contributed by atoms with E-state index in [1.165, 1.54) is 0 Å². The van der Waals surface area contributed by atoms with Gasteiger partial charge in [-0.05, 0) is 45.6 Å². The van der Waals surface area contributed by atoms with E-state index in [2.05, 4.69) is 10.2 Å². The van der Waals surface area contributed by atoms with Gasteiger partial charge in [0.2, 0.25) is 5.91 Å². The number of nitrogens with one attached hydrogen (secondary N) is 1. The SMILES string of the molecule is CC(C)OCCCNC(=O)CN1CCCC(CO)C1. The molecule has 1 aliphatic heterocycles. The summed E-state index contributed by atoms with van der Waals surface area (Å²) in [5.41, 5.74) is 0. The van der Waals surface area contributed by atoms with Crippen molar-refractivity contribution in [3.8, 4) is 0 Å². The number of likely N-dealkylation sites (tertiary alicyclic amines) is 1. The molecule has 1 unspecified atom stereocenters. The summed E-state index contributed by atoms with van der Waals surface area (Å²) in [6.45, 7) is 7.84. The number of ether oxygens (including phenoxy) is 1. The molecule has 5 nitrogen and oxygen atoms in total. The largest absolute Gasteiger partial charge is 0.396 e. The van der Waals surface area contributed by atoms with Crippen LogP contribution in [0.1, 0.15) is 33.1 Å². The highest BCUT2D eigenvalue weighted by Crippen LogP contribution is 2.14.